The van der Waals surface area contributed by atoms with Crippen LogP contribution in [0.3, 0.4) is 0 Å². The first-order chi connectivity index (χ1) is 11.0. The summed E-state index contributed by atoms with van der Waals surface area (Å²) in [6.07, 6.45) is 0.341. The van der Waals surface area contributed by atoms with Crippen LogP contribution in [0.25, 0.3) is 0 Å². The smallest absolute Gasteiger partial charge is 0.270 e. The third-order valence-corrected chi connectivity index (χ3v) is 4.65. The number of ketones is 1. The third-order valence-electron chi connectivity index (χ3n) is 2.68. The number of carbonyl (C=O) groups is 2. The Balaban J connectivity index is 1.95. The molecule has 0 aliphatic rings. The van der Waals surface area contributed by atoms with Gasteiger partial charge in [0.15, 0.2) is 10.1 Å². The maximum absolute atomic E-state index is 12.1. The van der Waals surface area contributed by atoms with E-state index < -0.39 is 4.92 Å². The fraction of sp³-hybridized carbons (Fsp3) is 0.231. The lowest BCUT2D eigenvalue weighted by Crippen LogP contribution is -2.08. The second-order valence-corrected chi connectivity index (χ2v) is 6.49. The molecule has 0 saturated heterocycles. The predicted octanol–water partition coefficient (Wildman–Crippen LogP) is 2.77. The van der Waals surface area contributed by atoms with E-state index >= 15 is 0 Å². The van der Waals surface area contributed by atoms with Crippen molar-refractivity contribution in [1.82, 2.24) is 10.2 Å². The summed E-state index contributed by atoms with van der Waals surface area (Å²) in [6, 6.07) is 5.58. The lowest BCUT2D eigenvalue weighted by atomic mass is 10.1. The van der Waals surface area contributed by atoms with E-state index in [1.807, 2.05) is 0 Å². The Morgan fingerprint density at radius 1 is 1.39 bits per heavy atom. The molecular formula is C13H12N4O4S2. The molecule has 1 heterocycles. The predicted molar refractivity (Wildman–Crippen MR) is 87.0 cm³/mol. The summed E-state index contributed by atoms with van der Waals surface area (Å²) in [7, 11) is 0. The normalized spacial score (nSPS) is 10.3. The van der Waals surface area contributed by atoms with Crippen molar-refractivity contribution in [3.05, 3.63) is 39.9 Å². The number of nitro benzene ring substituents is 1. The molecule has 1 aromatic heterocycles. The van der Waals surface area contributed by atoms with Crippen LogP contribution in [0.1, 0.15) is 23.7 Å². The highest BCUT2D eigenvalue weighted by Crippen LogP contribution is 2.26. The maximum Gasteiger partial charge on any atom is 0.270 e. The lowest BCUT2D eigenvalue weighted by Gasteiger charge is -1.99. The first-order valence-corrected chi connectivity index (χ1v) is 8.33. The van der Waals surface area contributed by atoms with Gasteiger partial charge in [-0.2, -0.15) is 0 Å². The van der Waals surface area contributed by atoms with Gasteiger partial charge < -0.3 is 5.32 Å². The van der Waals surface area contributed by atoms with Crippen molar-refractivity contribution in [1.29, 1.82) is 0 Å². The van der Waals surface area contributed by atoms with E-state index in [1.54, 1.807) is 6.92 Å². The van der Waals surface area contributed by atoms with Gasteiger partial charge in [0.05, 0.1) is 10.7 Å². The molecule has 0 radical (unpaired) electrons. The molecule has 2 rings (SSSR count). The van der Waals surface area contributed by atoms with Gasteiger partial charge >= 0.3 is 0 Å². The lowest BCUT2D eigenvalue weighted by molar-refractivity contribution is -0.384. The molecule has 0 unspecified atom stereocenters. The quantitative estimate of drug-likeness (QED) is 0.268. The van der Waals surface area contributed by atoms with Gasteiger partial charge in [-0.25, -0.2) is 0 Å². The first-order valence-electron chi connectivity index (χ1n) is 6.53. The summed E-state index contributed by atoms with van der Waals surface area (Å²) >= 11 is 2.34. The molecule has 0 spiro atoms. The standard InChI is InChI=1S/C13H12N4O4S2/c1-2-11(19)14-12-15-16-13(23-12)22-7-10(18)8-4-3-5-9(6-8)17(20)21/h3-6H,2,7H2,1H3,(H,14,15,19). The third kappa shape index (κ3) is 4.83. The van der Waals surface area contributed by atoms with Gasteiger partial charge in [0.2, 0.25) is 11.0 Å². The van der Waals surface area contributed by atoms with Crippen LogP contribution < -0.4 is 5.32 Å². The molecule has 8 nitrogen and oxygen atoms in total. The number of carbonyl (C=O) groups excluding carboxylic acids is 2. The maximum atomic E-state index is 12.1. The second kappa shape index (κ2) is 7.79. The number of non-ortho nitro benzene ring substituents is 1. The summed E-state index contributed by atoms with van der Waals surface area (Å²) in [5.41, 5.74) is 0.150. The SMILES string of the molecule is CCC(=O)Nc1nnc(SCC(=O)c2cccc([N+](=O)[O-])c2)s1. The topological polar surface area (TPSA) is 115 Å². The number of aromatic nitrogens is 2. The zero-order chi connectivity index (χ0) is 16.8. The average Bonchev–Trinajstić information content (AvgIpc) is 2.99. The summed E-state index contributed by atoms with van der Waals surface area (Å²) in [5, 5.41) is 21.3. The van der Waals surface area contributed by atoms with Crippen LogP contribution >= 0.6 is 23.1 Å². The van der Waals surface area contributed by atoms with Crippen molar-refractivity contribution in [3.63, 3.8) is 0 Å². The minimum Gasteiger partial charge on any atom is -0.301 e. The van der Waals surface area contributed by atoms with Crippen LogP contribution in [-0.2, 0) is 4.79 Å². The Labute approximate surface area is 139 Å². The molecule has 1 amide bonds. The van der Waals surface area contributed by atoms with Crippen LogP contribution in [0.15, 0.2) is 28.6 Å². The fourth-order valence-electron chi connectivity index (χ4n) is 1.53. The Morgan fingerprint density at radius 3 is 2.87 bits per heavy atom. The molecule has 0 aliphatic carbocycles. The number of rotatable bonds is 7. The van der Waals surface area contributed by atoms with Crippen LogP contribution in [-0.4, -0.2) is 32.6 Å². The van der Waals surface area contributed by atoms with Gasteiger partial charge in [-0.05, 0) is 0 Å². The molecule has 0 aliphatic heterocycles. The summed E-state index contributed by atoms with van der Waals surface area (Å²) in [4.78, 5) is 33.5. The zero-order valence-electron chi connectivity index (χ0n) is 12.0. The molecule has 0 atom stereocenters. The average molecular weight is 352 g/mol. The van der Waals surface area contributed by atoms with Gasteiger partial charge in [-0.15, -0.1) is 10.2 Å². The molecule has 1 N–H and O–H groups in total. The minimum atomic E-state index is -0.544. The molecule has 23 heavy (non-hydrogen) atoms. The van der Waals surface area contributed by atoms with Crippen molar-refractivity contribution < 1.29 is 14.5 Å². The van der Waals surface area contributed by atoms with E-state index in [-0.39, 0.29) is 28.7 Å². The number of Topliss-reactive ketones (excluding diaryl/α,β-unsaturated/α-hetero) is 1. The highest BCUT2D eigenvalue weighted by atomic mass is 32.2. The summed E-state index contributed by atoms with van der Waals surface area (Å²) in [5.74, 6) is -0.323. The molecule has 0 saturated carbocycles. The van der Waals surface area contributed by atoms with E-state index in [1.165, 1.54) is 47.4 Å². The Morgan fingerprint density at radius 2 is 2.17 bits per heavy atom. The number of thioether (sulfide) groups is 1. The van der Waals surface area contributed by atoms with Gasteiger partial charge in [-0.1, -0.05) is 42.2 Å². The van der Waals surface area contributed by atoms with Crippen molar-refractivity contribution in [2.75, 3.05) is 11.1 Å². The molecule has 1 aromatic carbocycles. The molecule has 0 fully saturated rings. The van der Waals surface area contributed by atoms with Crippen LogP contribution in [0.5, 0.6) is 0 Å². The van der Waals surface area contributed by atoms with Gasteiger partial charge in [0.1, 0.15) is 0 Å². The Kier molecular flexibility index (Phi) is 5.77. The summed E-state index contributed by atoms with van der Waals surface area (Å²) in [6.45, 7) is 1.73. The highest BCUT2D eigenvalue weighted by Gasteiger charge is 2.14. The summed E-state index contributed by atoms with van der Waals surface area (Å²) < 4.78 is 0.537. The minimum absolute atomic E-state index is 0.0809. The van der Waals surface area contributed by atoms with Crippen molar-refractivity contribution in [2.45, 2.75) is 17.7 Å². The monoisotopic (exact) mass is 352 g/mol. The van der Waals surface area contributed by atoms with E-state index in [0.29, 0.717) is 15.9 Å². The fourth-order valence-corrected chi connectivity index (χ4v) is 3.19. The van der Waals surface area contributed by atoms with Crippen LogP contribution in [0.2, 0.25) is 0 Å². The Hall–Kier alpha value is -2.33. The number of anilines is 1. The number of nitrogens with one attached hydrogen (secondary N) is 1. The first kappa shape index (κ1) is 17.0. The molecular weight excluding hydrogens is 340 g/mol. The van der Waals surface area contributed by atoms with E-state index in [2.05, 4.69) is 15.5 Å². The Bertz CT molecular complexity index is 747. The molecule has 120 valence electrons. The van der Waals surface area contributed by atoms with E-state index in [9.17, 15) is 19.7 Å². The van der Waals surface area contributed by atoms with Crippen molar-refractivity contribution in [3.8, 4) is 0 Å². The van der Waals surface area contributed by atoms with Crippen molar-refractivity contribution >= 4 is 45.6 Å². The van der Waals surface area contributed by atoms with Crippen LogP contribution in [0, 0.1) is 10.1 Å². The number of hydrogen-bond acceptors (Lipinski definition) is 8. The van der Waals surface area contributed by atoms with Crippen LogP contribution in [0.4, 0.5) is 10.8 Å². The van der Waals surface area contributed by atoms with Gasteiger partial charge in [-0.3, -0.25) is 19.7 Å². The molecule has 10 heteroatoms. The largest absolute Gasteiger partial charge is 0.301 e. The number of amides is 1. The second-order valence-electron chi connectivity index (χ2n) is 4.29. The van der Waals surface area contributed by atoms with E-state index in [0.717, 1.165) is 0 Å². The van der Waals surface area contributed by atoms with Gasteiger partial charge in [0, 0.05) is 24.1 Å². The molecule has 2 aromatic rings. The zero-order valence-corrected chi connectivity index (χ0v) is 13.6. The van der Waals surface area contributed by atoms with E-state index in [4.69, 9.17) is 0 Å². The molecule has 0 bridgehead atoms. The van der Waals surface area contributed by atoms with Gasteiger partial charge in [0.25, 0.3) is 5.69 Å². The highest BCUT2D eigenvalue weighted by molar-refractivity contribution is 8.01. The number of nitrogens with zero attached hydrogens (tertiary/aromatic N) is 3. The number of benzene rings is 1. The van der Waals surface area contributed by atoms with Crippen molar-refractivity contribution in [2.24, 2.45) is 0 Å². The number of nitro groups is 1. The number of hydrogen-bond donors (Lipinski definition) is 1.